The van der Waals surface area contributed by atoms with Crippen LogP contribution in [0, 0.1) is 0 Å². The van der Waals surface area contributed by atoms with Gasteiger partial charge in [-0.1, -0.05) is 125 Å². The predicted octanol–water partition coefficient (Wildman–Crippen LogP) is 8.53. The number of phosphoric acid groups is 1. The third-order valence-corrected chi connectivity index (χ3v) is 7.50. The highest BCUT2D eigenvalue weighted by molar-refractivity contribution is 7.46. The molecule has 2 aromatic rings. The molecule has 0 radical (unpaired) electrons. The van der Waals surface area contributed by atoms with E-state index in [1.54, 1.807) is 0 Å². The molecule has 222 valence electrons. The normalized spacial score (nSPS) is 12.6. The number of amides is 1. The molecular formula is C33H50NO5P. The van der Waals surface area contributed by atoms with Crippen molar-refractivity contribution in [2.24, 2.45) is 0 Å². The molecule has 0 aliphatic heterocycles. The van der Waals surface area contributed by atoms with Gasteiger partial charge in [-0.25, -0.2) is 4.57 Å². The Morgan fingerprint density at radius 3 is 1.95 bits per heavy atom. The lowest BCUT2D eigenvalue weighted by atomic mass is 10.0. The summed E-state index contributed by atoms with van der Waals surface area (Å²) in [5.74, 6) is -0.113. The minimum Gasteiger partial charge on any atom is -0.351 e. The van der Waals surface area contributed by atoms with E-state index < -0.39 is 13.9 Å². The average molecular weight is 572 g/mol. The second kappa shape index (κ2) is 20.6. The van der Waals surface area contributed by atoms with Gasteiger partial charge in [-0.2, -0.15) is 0 Å². The first-order valence-electron chi connectivity index (χ1n) is 15.2. The van der Waals surface area contributed by atoms with Gasteiger partial charge in [0, 0.05) is 6.42 Å². The molecule has 0 aliphatic rings. The number of carbonyl (C=O) groups is 1. The second-order valence-corrected chi connectivity index (χ2v) is 11.9. The van der Waals surface area contributed by atoms with Gasteiger partial charge in [-0.05, 0) is 55.2 Å². The molecule has 0 aliphatic carbocycles. The Kier molecular flexibility index (Phi) is 17.5. The zero-order valence-electron chi connectivity index (χ0n) is 24.3. The number of unbranched alkanes of at least 4 members (excludes halogenated alkanes) is 11. The molecule has 0 saturated heterocycles. The lowest BCUT2D eigenvalue weighted by Crippen LogP contribution is -2.39. The lowest BCUT2D eigenvalue weighted by Gasteiger charge is -2.19. The van der Waals surface area contributed by atoms with E-state index in [-0.39, 0.29) is 12.5 Å². The Morgan fingerprint density at radius 2 is 1.35 bits per heavy atom. The van der Waals surface area contributed by atoms with Crippen LogP contribution in [0.5, 0.6) is 0 Å². The fourth-order valence-electron chi connectivity index (χ4n) is 4.74. The molecule has 1 amide bonds. The van der Waals surface area contributed by atoms with Crippen LogP contribution in [0.25, 0.3) is 11.1 Å². The third kappa shape index (κ3) is 16.8. The molecule has 0 unspecified atom stereocenters. The molecule has 0 heterocycles. The summed E-state index contributed by atoms with van der Waals surface area (Å²) in [7, 11) is -4.63. The van der Waals surface area contributed by atoms with Crippen LogP contribution in [0.4, 0.5) is 0 Å². The first kappa shape index (κ1) is 34.0. The van der Waals surface area contributed by atoms with E-state index in [1.165, 1.54) is 57.8 Å². The lowest BCUT2D eigenvalue weighted by molar-refractivity contribution is -0.122. The van der Waals surface area contributed by atoms with Crippen LogP contribution >= 0.6 is 7.82 Å². The summed E-state index contributed by atoms with van der Waals surface area (Å²) in [4.78, 5) is 30.9. The van der Waals surface area contributed by atoms with Crippen molar-refractivity contribution in [3.05, 3.63) is 72.3 Å². The molecule has 0 spiro atoms. The summed E-state index contributed by atoms with van der Waals surface area (Å²) >= 11 is 0. The average Bonchev–Trinajstić information content (AvgIpc) is 2.94. The van der Waals surface area contributed by atoms with Crippen LogP contribution in [-0.2, 0) is 20.3 Å². The second-order valence-electron chi connectivity index (χ2n) is 10.7. The zero-order chi connectivity index (χ0) is 28.9. The van der Waals surface area contributed by atoms with Crippen molar-refractivity contribution in [2.45, 2.75) is 109 Å². The summed E-state index contributed by atoms with van der Waals surface area (Å²) in [5.41, 5.74) is 3.16. The zero-order valence-corrected chi connectivity index (χ0v) is 25.2. The number of nitrogens with one attached hydrogen (secondary N) is 1. The molecule has 0 saturated carbocycles. The molecule has 0 fully saturated rings. The number of phosphoric ester groups is 1. The summed E-state index contributed by atoms with van der Waals surface area (Å²) in [5, 5.41) is 2.92. The molecule has 0 aromatic heterocycles. The predicted molar refractivity (Wildman–Crippen MR) is 165 cm³/mol. The largest absolute Gasteiger partial charge is 0.469 e. The Labute approximate surface area is 241 Å². The molecular weight excluding hydrogens is 521 g/mol. The van der Waals surface area contributed by atoms with Crippen LogP contribution < -0.4 is 5.32 Å². The summed E-state index contributed by atoms with van der Waals surface area (Å²) in [6, 6.07) is 17.5. The van der Waals surface area contributed by atoms with Gasteiger partial charge >= 0.3 is 7.82 Å². The number of carbonyl (C=O) groups excluding carboxylic acids is 1. The highest BCUT2D eigenvalue weighted by atomic mass is 31.2. The topological polar surface area (TPSA) is 95.9 Å². The van der Waals surface area contributed by atoms with Crippen LogP contribution in [0.15, 0.2) is 66.7 Å². The van der Waals surface area contributed by atoms with Crippen molar-refractivity contribution in [2.75, 3.05) is 6.61 Å². The molecule has 1 atom stereocenters. The maximum absolute atomic E-state index is 12.6. The first-order chi connectivity index (χ1) is 19.4. The smallest absolute Gasteiger partial charge is 0.351 e. The maximum Gasteiger partial charge on any atom is 0.469 e. The number of rotatable bonds is 22. The van der Waals surface area contributed by atoms with Crippen LogP contribution in [-0.4, -0.2) is 28.3 Å². The molecule has 7 heteroatoms. The van der Waals surface area contributed by atoms with E-state index >= 15 is 0 Å². The van der Waals surface area contributed by atoms with Gasteiger partial charge in [0.05, 0.1) is 12.6 Å². The third-order valence-electron chi connectivity index (χ3n) is 7.02. The fraction of sp³-hybridized carbons (Fsp3) is 0.545. The molecule has 40 heavy (non-hydrogen) atoms. The van der Waals surface area contributed by atoms with Crippen molar-refractivity contribution in [3.8, 4) is 11.1 Å². The van der Waals surface area contributed by atoms with E-state index in [2.05, 4.69) is 24.4 Å². The van der Waals surface area contributed by atoms with Gasteiger partial charge in [-0.3, -0.25) is 9.32 Å². The van der Waals surface area contributed by atoms with Crippen LogP contribution in [0.1, 0.15) is 102 Å². The van der Waals surface area contributed by atoms with Gasteiger partial charge in [0.1, 0.15) is 0 Å². The van der Waals surface area contributed by atoms with E-state index in [0.717, 1.165) is 42.4 Å². The Balaban J connectivity index is 1.64. The quantitative estimate of drug-likeness (QED) is 0.0748. The van der Waals surface area contributed by atoms with Crippen molar-refractivity contribution in [3.63, 3.8) is 0 Å². The van der Waals surface area contributed by atoms with Crippen molar-refractivity contribution in [1.82, 2.24) is 5.32 Å². The summed E-state index contributed by atoms with van der Waals surface area (Å²) in [6.07, 6.45) is 21.1. The van der Waals surface area contributed by atoms with Gasteiger partial charge in [-0.15, -0.1) is 0 Å². The summed E-state index contributed by atoms with van der Waals surface area (Å²) in [6.45, 7) is 2.00. The minimum atomic E-state index is -4.63. The van der Waals surface area contributed by atoms with Gasteiger partial charge in [0.15, 0.2) is 0 Å². The van der Waals surface area contributed by atoms with Gasteiger partial charge in [0.2, 0.25) is 5.91 Å². The Bertz CT molecular complexity index is 1000. The highest BCUT2D eigenvalue weighted by Gasteiger charge is 2.20. The minimum absolute atomic E-state index is 0.113. The molecule has 2 rings (SSSR count). The fourth-order valence-corrected chi connectivity index (χ4v) is 5.12. The Hall–Kier alpha value is -2.24. The standard InChI is InChI=1S/C33H50NO5P/c1-2-3-4-5-6-7-8-9-10-11-12-13-14-15-19-22-33(35)34-32(28-39-40(36,37)38)27-29-23-25-31(26-24-29)30-20-17-16-18-21-30/h9-10,16-18,20-21,23-26,32H,2-8,11-15,19,22,27-28H2,1H3,(H,34,35)(H2,36,37,38)/t32-/m0/s1. The van der Waals surface area contributed by atoms with Crippen molar-refractivity contribution in [1.29, 1.82) is 0 Å². The van der Waals surface area contributed by atoms with E-state index in [0.29, 0.717) is 12.8 Å². The first-order valence-corrected chi connectivity index (χ1v) is 16.7. The Morgan fingerprint density at radius 1 is 0.800 bits per heavy atom. The van der Waals surface area contributed by atoms with Crippen LogP contribution in [0.2, 0.25) is 0 Å². The van der Waals surface area contributed by atoms with Crippen molar-refractivity contribution >= 4 is 13.7 Å². The maximum atomic E-state index is 12.6. The monoisotopic (exact) mass is 571 g/mol. The van der Waals surface area contributed by atoms with Gasteiger partial charge < -0.3 is 15.1 Å². The molecule has 3 N–H and O–H groups in total. The van der Waals surface area contributed by atoms with E-state index in [1.807, 2.05) is 54.6 Å². The number of hydrogen-bond acceptors (Lipinski definition) is 3. The van der Waals surface area contributed by atoms with Crippen molar-refractivity contribution < 1.29 is 23.7 Å². The molecule has 2 aromatic carbocycles. The summed E-state index contributed by atoms with van der Waals surface area (Å²) < 4.78 is 16.0. The van der Waals surface area contributed by atoms with E-state index in [9.17, 15) is 9.36 Å². The number of hydrogen-bond donors (Lipinski definition) is 3. The van der Waals surface area contributed by atoms with Crippen LogP contribution in [0.3, 0.4) is 0 Å². The SMILES string of the molecule is CCCCCCCCC=CCCCCCCCC(=O)N[C@H](COP(=O)(O)O)Cc1ccc(-c2ccccc2)cc1. The molecule has 0 bridgehead atoms. The van der Waals surface area contributed by atoms with E-state index in [4.69, 9.17) is 14.3 Å². The van der Waals surface area contributed by atoms with Gasteiger partial charge in [0.25, 0.3) is 0 Å². The highest BCUT2D eigenvalue weighted by Crippen LogP contribution is 2.35. The molecule has 6 nitrogen and oxygen atoms in total. The number of allylic oxidation sites excluding steroid dienone is 2. The number of benzene rings is 2.